The van der Waals surface area contributed by atoms with Crippen LogP contribution in [0.2, 0.25) is 0 Å². The maximum atomic E-state index is 5.78. The molecule has 1 aromatic heterocycles. The normalized spacial score (nSPS) is 12.3. The number of nitrogens with one attached hydrogen (secondary N) is 1. The molecule has 0 aliphatic carbocycles. The predicted octanol–water partition coefficient (Wildman–Crippen LogP) is 2.63. The van der Waals surface area contributed by atoms with Gasteiger partial charge in [-0.15, -0.1) is 11.3 Å². The quantitative estimate of drug-likeness (QED) is 0.468. The number of hydrazine groups is 1. The smallest absolute Gasteiger partial charge is 0.124 e. The van der Waals surface area contributed by atoms with Crippen LogP contribution in [-0.4, -0.2) is 20.3 Å². The summed E-state index contributed by atoms with van der Waals surface area (Å²) in [6.07, 6.45) is 0. The topological polar surface area (TPSA) is 56.5 Å². The first-order chi connectivity index (χ1) is 9.77. The molecule has 0 fully saturated rings. The van der Waals surface area contributed by atoms with Crippen LogP contribution in [0.15, 0.2) is 35.7 Å². The Morgan fingerprint density at radius 2 is 2.05 bits per heavy atom. The van der Waals surface area contributed by atoms with Gasteiger partial charge in [0, 0.05) is 17.6 Å². The Bertz CT molecular complexity index is 542. The van der Waals surface area contributed by atoms with Gasteiger partial charge in [0.05, 0.1) is 12.6 Å². The third-order valence-electron chi connectivity index (χ3n) is 3.11. The highest BCUT2D eigenvalue weighted by Gasteiger charge is 2.19. The van der Waals surface area contributed by atoms with Gasteiger partial charge < -0.3 is 9.47 Å². The molecule has 5 heteroatoms. The Balaban J connectivity index is 2.28. The fourth-order valence-corrected chi connectivity index (χ4v) is 3.08. The van der Waals surface area contributed by atoms with Crippen LogP contribution in [0.5, 0.6) is 5.75 Å². The van der Waals surface area contributed by atoms with Crippen molar-refractivity contribution in [2.45, 2.75) is 13.0 Å². The summed E-state index contributed by atoms with van der Waals surface area (Å²) in [6.45, 7) is 3.17. The molecule has 2 rings (SSSR count). The number of nitrogens with two attached hydrogens (primary N) is 1. The van der Waals surface area contributed by atoms with Crippen LogP contribution >= 0.6 is 11.3 Å². The van der Waals surface area contributed by atoms with Gasteiger partial charge in [-0.3, -0.25) is 5.84 Å². The van der Waals surface area contributed by atoms with Gasteiger partial charge in [-0.1, -0.05) is 18.2 Å². The van der Waals surface area contributed by atoms with E-state index in [9.17, 15) is 0 Å². The molecule has 2 aromatic rings. The van der Waals surface area contributed by atoms with Crippen molar-refractivity contribution in [3.05, 3.63) is 51.7 Å². The maximum Gasteiger partial charge on any atom is 0.124 e. The first kappa shape index (κ1) is 15.0. The van der Waals surface area contributed by atoms with Crippen molar-refractivity contribution in [2.75, 3.05) is 20.3 Å². The van der Waals surface area contributed by atoms with Gasteiger partial charge in [-0.05, 0) is 30.0 Å². The Hall–Kier alpha value is -1.40. The number of thiophene rings is 1. The molecule has 0 saturated carbocycles. The number of hydrogen-bond donors (Lipinski definition) is 2. The summed E-state index contributed by atoms with van der Waals surface area (Å²) in [5.74, 6) is 6.60. The van der Waals surface area contributed by atoms with Gasteiger partial charge in [-0.2, -0.15) is 0 Å². The average Bonchev–Trinajstić information content (AvgIpc) is 2.88. The molecule has 1 aromatic carbocycles. The molecule has 1 heterocycles. The van der Waals surface area contributed by atoms with Crippen molar-refractivity contribution in [2.24, 2.45) is 5.84 Å². The molecule has 1 atom stereocenters. The molecule has 0 bridgehead atoms. The molecule has 0 spiro atoms. The molecule has 1 unspecified atom stereocenters. The molecule has 0 aliphatic heterocycles. The lowest BCUT2D eigenvalue weighted by Crippen LogP contribution is -2.29. The zero-order chi connectivity index (χ0) is 14.4. The van der Waals surface area contributed by atoms with Crippen molar-refractivity contribution >= 4 is 11.3 Å². The Morgan fingerprint density at radius 3 is 2.70 bits per heavy atom. The highest BCUT2D eigenvalue weighted by molar-refractivity contribution is 7.10. The van der Waals surface area contributed by atoms with E-state index in [2.05, 4.69) is 23.8 Å². The van der Waals surface area contributed by atoms with Crippen molar-refractivity contribution < 1.29 is 9.47 Å². The zero-order valence-electron chi connectivity index (χ0n) is 11.8. The third kappa shape index (κ3) is 3.37. The minimum absolute atomic E-state index is 0.0613. The van der Waals surface area contributed by atoms with Crippen molar-refractivity contribution in [1.82, 2.24) is 5.43 Å². The van der Waals surface area contributed by atoms with E-state index in [0.717, 1.165) is 11.3 Å². The van der Waals surface area contributed by atoms with E-state index in [-0.39, 0.29) is 6.04 Å². The van der Waals surface area contributed by atoms with Crippen LogP contribution in [0.4, 0.5) is 0 Å². The minimum Gasteiger partial charge on any atom is -0.491 e. The largest absolute Gasteiger partial charge is 0.491 e. The second-order valence-corrected chi connectivity index (χ2v) is 5.39. The average molecular weight is 292 g/mol. The molecule has 4 nitrogen and oxygen atoms in total. The van der Waals surface area contributed by atoms with Crippen LogP contribution in [0, 0.1) is 6.92 Å². The van der Waals surface area contributed by atoms with E-state index in [0.29, 0.717) is 13.2 Å². The number of ether oxygens (including phenoxy) is 2. The number of benzene rings is 1. The van der Waals surface area contributed by atoms with E-state index >= 15 is 0 Å². The van der Waals surface area contributed by atoms with Crippen LogP contribution < -0.4 is 16.0 Å². The van der Waals surface area contributed by atoms with Gasteiger partial charge in [0.2, 0.25) is 0 Å². The summed E-state index contributed by atoms with van der Waals surface area (Å²) in [6, 6.07) is 9.98. The second kappa shape index (κ2) is 7.40. The van der Waals surface area contributed by atoms with Crippen LogP contribution in [0.3, 0.4) is 0 Å². The third-order valence-corrected chi connectivity index (χ3v) is 4.19. The van der Waals surface area contributed by atoms with Gasteiger partial charge in [-0.25, -0.2) is 5.43 Å². The lowest BCUT2D eigenvalue weighted by atomic mass is 10.0. The summed E-state index contributed by atoms with van der Waals surface area (Å²) in [5.41, 5.74) is 5.16. The van der Waals surface area contributed by atoms with Gasteiger partial charge >= 0.3 is 0 Å². The van der Waals surface area contributed by atoms with E-state index in [1.54, 1.807) is 18.4 Å². The summed E-state index contributed by atoms with van der Waals surface area (Å²) >= 11 is 1.69. The first-order valence-electron chi connectivity index (χ1n) is 6.48. The molecular formula is C15H20N2O2S. The number of para-hydroxylation sites is 1. The zero-order valence-corrected chi connectivity index (χ0v) is 12.6. The number of hydrogen-bond acceptors (Lipinski definition) is 5. The highest BCUT2D eigenvalue weighted by Crippen LogP contribution is 2.33. The fraction of sp³-hybridized carbons (Fsp3) is 0.333. The molecule has 20 heavy (non-hydrogen) atoms. The monoisotopic (exact) mass is 292 g/mol. The van der Waals surface area contributed by atoms with Crippen LogP contribution in [0.1, 0.15) is 22.0 Å². The molecule has 108 valence electrons. The summed E-state index contributed by atoms with van der Waals surface area (Å²) < 4.78 is 10.8. The van der Waals surface area contributed by atoms with E-state index in [1.165, 1.54) is 10.4 Å². The maximum absolute atomic E-state index is 5.78. The minimum atomic E-state index is -0.0613. The number of aryl methyl sites for hydroxylation is 1. The predicted molar refractivity (Wildman–Crippen MR) is 82.0 cm³/mol. The SMILES string of the molecule is COCCOc1ccccc1C(NN)c1sccc1C. The summed E-state index contributed by atoms with van der Waals surface area (Å²) in [7, 11) is 1.66. The fourth-order valence-electron chi connectivity index (χ4n) is 2.07. The lowest BCUT2D eigenvalue weighted by Gasteiger charge is -2.19. The summed E-state index contributed by atoms with van der Waals surface area (Å²) in [4.78, 5) is 1.20. The molecular weight excluding hydrogens is 272 g/mol. The molecule has 0 aliphatic rings. The van der Waals surface area contributed by atoms with E-state index in [4.69, 9.17) is 15.3 Å². The van der Waals surface area contributed by atoms with Crippen molar-refractivity contribution in [3.63, 3.8) is 0 Å². The Morgan fingerprint density at radius 1 is 1.25 bits per heavy atom. The Labute approximate surface area is 123 Å². The number of methoxy groups -OCH3 is 1. The first-order valence-corrected chi connectivity index (χ1v) is 7.36. The summed E-state index contributed by atoms with van der Waals surface area (Å²) in [5, 5.41) is 2.07. The van der Waals surface area contributed by atoms with Crippen molar-refractivity contribution in [1.29, 1.82) is 0 Å². The van der Waals surface area contributed by atoms with Crippen LogP contribution in [0.25, 0.3) is 0 Å². The van der Waals surface area contributed by atoms with Gasteiger partial charge in [0.1, 0.15) is 12.4 Å². The molecule has 0 saturated heterocycles. The van der Waals surface area contributed by atoms with Gasteiger partial charge in [0.25, 0.3) is 0 Å². The van der Waals surface area contributed by atoms with E-state index in [1.807, 2.05) is 24.3 Å². The Kier molecular flexibility index (Phi) is 5.55. The van der Waals surface area contributed by atoms with Crippen molar-refractivity contribution in [3.8, 4) is 5.75 Å². The molecule has 0 amide bonds. The lowest BCUT2D eigenvalue weighted by molar-refractivity contribution is 0.145. The highest BCUT2D eigenvalue weighted by atomic mass is 32.1. The number of rotatable bonds is 7. The standard InChI is InChI=1S/C15H20N2O2S/c1-11-7-10-20-15(11)14(17-16)12-5-3-4-6-13(12)19-9-8-18-2/h3-7,10,14,17H,8-9,16H2,1-2H3. The molecule has 3 N–H and O–H groups in total. The molecule has 0 radical (unpaired) electrons. The van der Waals surface area contributed by atoms with Crippen LogP contribution in [-0.2, 0) is 4.74 Å². The van der Waals surface area contributed by atoms with E-state index < -0.39 is 0 Å². The van der Waals surface area contributed by atoms with Gasteiger partial charge in [0.15, 0.2) is 0 Å². The second-order valence-electron chi connectivity index (χ2n) is 4.45.